The molecule has 0 fully saturated rings. The zero-order chi connectivity index (χ0) is 7.07. The smallest absolute Gasteiger partial charge is 0.813 e. The molecule has 0 amide bonds. The largest absolute Gasteiger partial charge is 4.00 e. The first-order valence-electron chi connectivity index (χ1n) is 3.33. The fraction of sp³-hybridized carbons (Fsp3) is 0. The molecule has 0 saturated heterocycles. The summed E-state index contributed by atoms with van der Waals surface area (Å²) in [7, 11) is 0. The zero-order valence-electron chi connectivity index (χ0n) is 7.08. The van der Waals surface area contributed by atoms with Crippen LogP contribution in [0.3, 0.4) is 0 Å². The summed E-state index contributed by atoms with van der Waals surface area (Å²) in [5.74, 6) is 0. The Balaban J connectivity index is -0.000000125. The van der Waals surface area contributed by atoms with Gasteiger partial charge < -0.3 is 27.0 Å². The molecule has 3 heteroatoms. The van der Waals surface area contributed by atoms with Gasteiger partial charge in [0.1, 0.15) is 0 Å². The summed E-state index contributed by atoms with van der Waals surface area (Å²) < 4.78 is 0. The van der Waals surface area contributed by atoms with Gasteiger partial charge in [-0.2, -0.15) is 36.4 Å². The molecule has 2 aromatic rings. The van der Waals surface area contributed by atoms with Gasteiger partial charge in [0.25, 0.3) is 0 Å². The van der Waals surface area contributed by atoms with E-state index in [1.54, 1.807) is 0 Å². The van der Waals surface area contributed by atoms with Gasteiger partial charge >= 0.3 is 21.1 Å². The summed E-state index contributed by atoms with van der Waals surface area (Å²) in [6.07, 6.45) is 0. The van der Waals surface area contributed by atoms with Crippen LogP contribution >= 0.6 is 0 Å². The van der Waals surface area contributed by atoms with Gasteiger partial charge in [-0.1, -0.05) is 0 Å². The van der Waals surface area contributed by atoms with Gasteiger partial charge in [0.2, 0.25) is 0 Å². The van der Waals surface area contributed by atoms with Crippen LogP contribution in [0.5, 0.6) is 0 Å². The van der Waals surface area contributed by atoms with Crippen LogP contribution < -0.4 is 0 Å². The Bertz CT molecular complexity index is 152. The Hall–Kier alpha value is 0.0883. The fourth-order valence-corrected chi connectivity index (χ4v) is 0.642. The van der Waals surface area contributed by atoms with E-state index in [-0.39, 0.29) is 48.1 Å². The molecule has 0 atom stereocenters. The Morgan fingerprint density at radius 3 is 0.846 bits per heavy atom. The van der Waals surface area contributed by atoms with Gasteiger partial charge in [0, 0.05) is 0 Å². The van der Waals surface area contributed by atoms with Crippen LogP contribution in [0.15, 0.2) is 60.7 Å². The van der Waals surface area contributed by atoms with Crippen molar-refractivity contribution in [3.05, 3.63) is 60.7 Å². The molecule has 0 aliphatic rings. The number of thiol groups is 2. The van der Waals surface area contributed by atoms with Gasteiger partial charge in [-0.05, 0) is 0 Å². The van der Waals surface area contributed by atoms with E-state index in [0.717, 1.165) is 0 Å². The van der Waals surface area contributed by atoms with Crippen LogP contribution in [0.4, 0.5) is 0 Å². The van der Waals surface area contributed by atoms with Crippen molar-refractivity contribution in [3.63, 3.8) is 0 Å². The summed E-state index contributed by atoms with van der Waals surface area (Å²) in [4.78, 5) is 0. The minimum absolute atomic E-state index is 0. The predicted octanol–water partition coefficient (Wildman–Crippen LogP) is 2.27. The molecule has 2 aromatic carbocycles. The molecule has 0 radical (unpaired) electrons. The van der Waals surface area contributed by atoms with Gasteiger partial charge in [-0.15, -0.1) is 0 Å². The van der Waals surface area contributed by atoms with Crippen LogP contribution in [-0.2, 0) is 48.1 Å². The Kier molecular flexibility index (Phi) is 21.1. The molecule has 70 valence electrons. The van der Waals surface area contributed by atoms with Crippen molar-refractivity contribution in [2.24, 2.45) is 0 Å². The maximum absolute atomic E-state index is 2.00. The minimum Gasteiger partial charge on any atom is -0.813 e. The summed E-state index contributed by atoms with van der Waals surface area (Å²) in [5.41, 5.74) is 0. The van der Waals surface area contributed by atoms with Crippen molar-refractivity contribution in [3.8, 4) is 0 Å². The van der Waals surface area contributed by atoms with Crippen LogP contribution in [0.1, 0.15) is 0 Å². The first-order valence-corrected chi connectivity index (χ1v) is 3.33. The van der Waals surface area contributed by atoms with Crippen molar-refractivity contribution in [1.29, 1.82) is 0 Å². The SMILES string of the molecule is [Mo+4].[SH-].[SH-].c1cc[cH-]c1.c1cc[cH-]c1. The van der Waals surface area contributed by atoms with Gasteiger partial charge in [-0.3, -0.25) is 0 Å². The molecule has 0 bridgehead atoms. The molecule has 0 unspecified atom stereocenters. The Morgan fingerprint density at radius 1 is 0.538 bits per heavy atom. The van der Waals surface area contributed by atoms with E-state index in [4.69, 9.17) is 0 Å². The van der Waals surface area contributed by atoms with E-state index in [1.165, 1.54) is 0 Å². The van der Waals surface area contributed by atoms with Gasteiger partial charge in [0.15, 0.2) is 0 Å². The molecule has 0 heterocycles. The first kappa shape index (κ1) is 18.8. The molecule has 0 nitrogen and oxygen atoms in total. The van der Waals surface area contributed by atoms with Crippen molar-refractivity contribution in [2.75, 3.05) is 0 Å². The average molecular weight is 292 g/mol. The zero-order valence-corrected chi connectivity index (χ0v) is 10.9. The van der Waals surface area contributed by atoms with Gasteiger partial charge in [-0.25, -0.2) is 24.3 Å². The Labute approximate surface area is 108 Å². The third-order valence-electron chi connectivity index (χ3n) is 1.11. The van der Waals surface area contributed by atoms with Crippen LogP contribution in [-0.4, -0.2) is 0 Å². The van der Waals surface area contributed by atoms with Gasteiger partial charge in [0.05, 0.1) is 0 Å². The molecule has 0 aliphatic carbocycles. The van der Waals surface area contributed by atoms with Crippen LogP contribution in [0, 0.1) is 0 Å². The second kappa shape index (κ2) is 14.6. The number of hydrogen-bond donors (Lipinski definition) is 0. The van der Waals surface area contributed by atoms with E-state index in [0.29, 0.717) is 0 Å². The first-order chi connectivity index (χ1) is 5.00. The minimum atomic E-state index is 0. The van der Waals surface area contributed by atoms with Crippen LogP contribution in [0.2, 0.25) is 0 Å². The molecule has 0 saturated carbocycles. The monoisotopic (exact) mass is 294 g/mol. The topological polar surface area (TPSA) is 0 Å². The van der Waals surface area contributed by atoms with Crippen molar-refractivity contribution < 1.29 is 21.1 Å². The normalized spacial score (nSPS) is 6.15. The van der Waals surface area contributed by atoms with E-state index >= 15 is 0 Å². The van der Waals surface area contributed by atoms with Crippen molar-refractivity contribution >= 4 is 27.0 Å². The molecule has 0 spiro atoms. The van der Waals surface area contributed by atoms with E-state index in [9.17, 15) is 0 Å². The summed E-state index contributed by atoms with van der Waals surface area (Å²) in [6.45, 7) is 0. The third-order valence-corrected chi connectivity index (χ3v) is 1.11. The molecule has 2 rings (SSSR count). The summed E-state index contributed by atoms with van der Waals surface area (Å²) in [5, 5.41) is 0. The second-order valence-electron chi connectivity index (χ2n) is 1.92. The molecule has 0 aromatic heterocycles. The number of hydrogen-bond acceptors (Lipinski definition) is 2. The van der Waals surface area contributed by atoms with Crippen LogP contribution in [0.25, 0.3) is 0 Å². The van der Waals surface area contributed by atoms with Crippen molar-refractivity contribution in [1.82, 2.24) is 0 Å². The Morgan fingerprint density at radius 2 is 0.769 bits per heavy atom. The fourth-order valence-electron chi connectivity index (χ4n) is 0.642. The molecular formula is C10H12MoS2. The van der Waals surface area contributed by atoms with Crippen molar-refractivity contribution in [2.45, 2.75) is 0 Å². The average Bonchev–Trinajstić information content (AvgIpc) is 2.67. The molecular weight excluding hydrogens is 280 g/mol. The second-order valence-corrected chi connectivity index (χ2v) is 1.92. The predicted molar refractivity (Wildman–Crippen MR) is 61.6 cm³/mol. The third kappa shape index (κ3) is 12.1. The summed E-state index contributed by atoms with van der Waals surface area (Å²) in [6, 6.07) is 20.0. The molecule has 0 aliphatic heterocycles. The molecule has 0 N–H and O–H groups in total. The van der Waals surface area contributed by atoms with E-state index in [2.05, 4.69) is 0 Å². The summed E-state index contributed by atoms with van der Waals surface area (Å²) >= 11 is 0. The van der Waals surface area contributed by atoms with E-state index < -0.39 is 0 Å². The number of rotatable bonds is 0. The van der Waals surface area contributed by atoms with E-state index in [1.807, 2.05) is 60.7 Å². The molecule has 13 heavy (non-hydrogen) atoms. The standard InChI is InChI=1S/2C5H5.Mo.2H2S/c2*1-2-4-5-3-1;;;/h2*1-5H;;2*1H2/q2*-1;+4;;/p-2. The maximum atomic E-state index is 2.00. The maximum Gasteiger partial charge on any atom is 4.00 e. The quantitative estimate of drug-likeness (QED) is 0.316.